The van der Waals surface area contributed by atoms with Crippen molar-refractivity contribution in [1.29, 1.82) is 0 Å². The molecule has 0 atom stereocenters. The minimum absolute atomic E-state index is 0.146. The molecule has 0 amide bonds. The highest BCUT2D eigenvalue weighted by Crippen LogP contribution is 2.23. The van der Waals surface area contributed by atoms with E-state index >= 15 is 0 Å². The molecular formula is C20H23FN. The normalized spacial score (nSPS) is 16.8. The zero-order valence-corrected chi connectivity index (χ0v) is 13.0. The maximum absolute atomic E-state index is 12.9. The average Bonchev–Trinajstić information content (AvgIpc) is 2.54. The van der Waals surface area contributed by atoms with Gasteiger partial charge < -0.3 is 0 Å². The van der Waals surface area contributed by atoms with E-state index in [1.54, 1.807) is 12.1 Å². The Morgan fingerprint density at radius 3 is 2.14 bits per heavy atom. The lowest BCUT2D eigenvalue weighted by atomic mass is 9.90. The molecular weight excluding hydrogens is 273 g/mol. The Hall–Kier alpha value is -1.67. The Labute approximate surface area is 132 Å². The van der Waals surface area contributed by atoms with Crippen LogP contribution in [0.15, 0.2) is 48.5 Å². The van der Waals surface area contributed by atoms with Gasteiger partial charge in [-0.05, 0) is 74.0 Å². The molecule has 2 aromatic rings. The van der Waals surface area contributed by atoms with Crippen molar-refractivity contribution >= 4 is 0 Å². The van der Waals surface area contributed by atoms with E-state index in [1.165, 1.54) is 24.0 Å². The Morgan fingerprint density at radius 1 is 0.909 bits per heavy atom. The second kappa shape index (κ2) is 7.06. The average molecular weight is 296 g/mol. The molecule has 1 aliphatic heterocycles. The third-order valence-electron chi connectivity index (χ3n) is 4.57. The minimum atomic E-state index is -0.146. The monoisotopic (exact) mass is 296 g/mol. The first-order valence-corrected chi connectivity index (χ1v) is 8.07. The summed E-state index contributed by atoms with van der Waals surface area (Å²) in [5, 5.41) is 0. The van der Waals surface area contributed by atoms with Crippen molar-refractivity contribution in [2.24, 2.45) is 5.92 Å². The highest BCUT2D eigenvalue weighted by Gasteiger charge is 2.19. The van der Waals surface area contributed by atoms with E-state index in [1.807, 2.05) is 12.1 Å². The first kappa shape index (κ1) is 15.2. The van der Waals surface area contributed by atoms with Crippen molar-refractivity contribution in [2.75, 3.05) is 13.1 Å². The fraction of sp³-hybridized carbons (Fsp3) is 0.350. The third kappa shape index (κ3) is 4.17. The van der Waals surface area contributed by atoms with Crippen LogP contribution in [-0.4, -0.2) is 18.0 Å². The maximum Gasteiger partial charge on any atom is 0.123 e. The lowest BCUT2D eigenvalue weighted by Crippen LogP contribution is -2.33. The van der Waals surface area contributed by atoms with Crippen molar-refractivity contribution in [3.05, 3.63) is 78.0 Å². The molecule has 0 spiro atoms. The van der Waals surface area contributed by atoms with Gasteiger partial charge in [0.2, 0.25) is 0 Å². The molecule has 115 valence electrons. The number of benzene rings is 2. The predicted octanol–water partition coefficient (Wildman–Crippen LogP) is 4.46. The summed E-state index contributed by atoms with van der Waals surface area (Å²) in [5.74, 6) is 0.579. The molecule has 1 aliphatic rings. The summed E-state index contributed by atoms with van der Waals surface area (Å²) < 4.78 is 12.9. The van der Waals surface area contributed by atoms with Crippen LogP contribution in [0.4, 0.5) is 4.39 Å². The van der Waals surface area contributed by atoms with Gasteiger partial charge in [0.25, 0.3) is 0 Å². The standard InChI is InChI=1S/C20H23FN/c1-16-2-4-19(5-3-16)15-22-12-10-18(11-13-22)14-17-6-8-20(21)9-7-17/h2-9,18H,1,10-15H2. The molecule has 1 saturated heterocycles. The van der Waals surface area contributed by atoms with Gasteiger partial charge in [-0.3, -0.25) is 4.90 Å². The fourth-order valence-electron chi connectivity index (χ4n) is 3.21. The number of hydrogen-bond acceptors (Lipinski definition) is 1. The second-order valence-corrected chi connectivity index (χ2v) is 6.37. The van der Waals surface area contributed by atoms with Gasteiger partial charge >= 0.3 is 0 Å². The quantitative estimate of drug-likeness (QED) is 0.805. The summed E-state index contributed by atoms with van der Waals surface area (Å²) in [5.41, 5.74) is 3.69. The van der Waals surface area contributed by atoms with Crippen LogP contribution in [-0.2, 0) is 13.0 Å². The van der Waals surface area contributed by atoms with E-state index in [4.69, 9.17) is 0 Å². The van der Waals surface area contributed by atoms with E-state index in [9.17, 15) is 4.39 Å². The van der Waals surface area contributed by atoms with Gasteiger partial charge in [0.1, 0.15) is 5.82 Å². The molecule has 1 heterocycles. The highest BCUT2D eigenvalue weighted by atomic mass is 19.1. The van der Waals surface area contributed by atoms with Gasteiger partial charge in [-0.1, -0.05) is 36.4 Å². The molecule has 0 bridgehead atoms. The van der Waals surface area contributed by atoms with Gasteiger partial charge in [0.15, 0.2) is 0 Å². The number of likely N-dealkylation sites (tertiary alicyclic amines) is 1. The van der Waals surface area contributed by atoms with E-state index in [0.29, 0.717) is 0 Å². The second-order valence-electron chi connectivity index (χ2n) is 6.37. The SMILES string of the molecule is [CH2]c1ccc(CN2CCC(Cc3ccc(F)cc3)CC2)cc1. The first-order valence-electron chi connectivity index (χ1n) is 8.07. The summed E-state index contributed by atoms with van der Waals surface area (Å²) in [6.07, 6.45) is 3.53. The predicted molar refractivity (Wildman–Crippen MR) is 89.0 cm³/mol. The molecule has 22 heavy (non-hydrogen) atoms. The Morgan fingerprint density at radius 2 is 1.50 bits per heavy atom. The molecule has 1 radical (unpaired) electrons. The van der Waals surface area contributed by atoms with Crippen LogP contribution in [0.1, 0.15) is 29.5 Å². The van der Waals surface area contributed by atoms with Crippen LogP contribution in [0.2, 0.25) is 0 Å². The molecule has 0 aliphatic carbocycles. The van der Waals surface area contributed by atoms with Crippen LogP contribution in [0.25, 0.3) is 0 Å². The summed E-state index contributed by atoms with van der Waals surface area (Å²) in [7, 11) is 0. The van der Waals surface area contributed by atoms with Crippen LogP contribution < -0.4 is 0 Å². The van der Waals surface area contributed by atoms with E-state index in [0.717, 1.165) is 37.5 Å². The van der Waals surface area contributed by atoms with Gasteiger partial charge in [0.05, 0.1) is 0 Å². The fourth-order valence-corrected chi connectivity index (χ4v) is 3.21. The number of hydrogen-bond donors (Lipinski definition) is 0. The zero-order chi connectivity index (χ0) is 15.4. The summed E-state index contributed by atoms with van der Waals surface area (Å²) in [6.45, 7) is 7.26. The lowest BCUT2D eigenvalue weighted by Gasteiger charge is -2.32. The zero-order valence-electron chi connectivity index (χ0n) is 13.0. The topological polar surface area (TPSA) is 3.24 Å². The molecule has 0 unspecified atom stereocenters. The number of halogens is 1. The molecule has 3 rings (SSSR count). The third-order valence-corrected chi connectivity index (χ3v) is 4.57. The van der Waals surface area contributed by atoms with Gasteiger partial charge in [-0.2, -0.15) is 0 Å². The molecule has 2 aromatic carbocycles. The molecule has 0 N–H and O–H groups in total. The van der Waals surface area contributed by atoms with E-state index < -0.39 is 0 Å². The Bertz CT molecular complexity index is 525. The summed E-state index contributed by atoms with van der Waals surface area (Å²) in [6, 6.07) is 15.5. The highest BCUT2D eigenvalue weighted by molar-refractivity contribution is 5.24. The van der Waals surface area contributed by atoms with Crippen LogP contribution in [0.5, 0.6) is 0 Å². The molecule has 0 aromatic heterocycles. The van der Waals surface area contributed by atoms with Crippen LogP contribution in [0, 0.1) is 18.7 Å². The van der Waals surface area contributed by atoms with Gasteiger partial charge in [0, 0.05) is 6.54 Å². The first-order chi connectivity index (χ1) is 10.7. The molecule has 0 saturated carbocycles. The number of nitrogens with zero attached hydrogens (tertiary/aromatic N) is 1. The van der Waals surface area contributed by atoms with E-state index in [2.05, 4.69) is 36.1 Å². The minimum Gasteiger partial charge on any atom is -0.299 e. The number of rotatable bonds is 4. The van der Waals surface area contributed by atoms with Crippen molar-refractivity contribution in [3.8, 4) is 0 Å². The molecule has 1 fully saturated rings. The van der Waals surface area contributed by atoms with Gasteiger partial charge in [-0.25, -0.2) is 4.39 Å². The largest absolute Gasteiger partial charge is 0.299 e. The molecule has 1 nitrogen and oxygen atoms in total. The van der Waals surface area contributed by atoms with Gasteiger partial charge in [-0.15, -0.1) is 0 Å². The lowest BCUT2D eigenvalue weighted by molar-refractivity contribution is 0.177. The Kier molecular flexibility index (Phi) is 4.89. The maximum atomic E-state index is 12.9. The molecule has 2 heteroatoms. The summed E-state index contributed by atoms with van der Waals surface area (Å²) in [4.78, 5) is 2.53. The van der Waals surface area contributed by atoms with Crippen LogP contribution >= 0.6 is 0 Å². The van der Waals surface area contributed by atoms with Crippen molar-refractivity contribution < 1.29 is 4.39 Å². The smallest absolute Gasteiger partial charge is 0.123 e. The van der Waals surface area contributed by atoms with E-state index in [-0.39, 0.29) is 5.82 Å². The van der Waals surface area contributed by atoms with Crippen molar-refractivity contribution in [3.63, 3.8) is 0 Å². The Balaban J connectivity index is 1.47. The van der Waals surface area contributed by atoms with Crippen molar-refractivity contribution in [2.45, 2.75) is 25.8 Å². The van der Waals surface area contributed by atoms with Crippen molar-refractivity contribution in [1.82, 2.24) is 4.90 Å². The summed E-state index contributed by atoms with van der Waals surface area (Å²) >= 11 is 0. The number of piperidine rings is 1. The van der Waals surface area contributed by atoms with Crippen LogP contribution in [0.3, 0.4) is 0 Å².